The summed E-state index contributed by atoms with van der Waals surface area (Å²) in [5.41, 5.74) is 11.1. The third-order valence-electron chi connectivity index (χ3n) is 3.96. The summed E-state index contributed by atoms with van der Waals surface area (Å²) in [4.78, 5) is 8.52. The van der Waals surface area contributed by atoms with E-state index in [1.807, 2.05) is 42.5 Å². The Hall–Kier alpha value is -3.27. The van der Waals surface area contributed by atoms with Gasteiger partial charge in [-0.05, 0) is 53.1 Å². The van der Waals surface area contributed by atoms with Gasteiger partial charge in [-0.1, -0.05) is 24.3 Å². The Morgan fingerprint density at radius 3 is 2.50 bits per heavy atom. The number of nitrogens with two attached hydrogens (primary N) is 1. The first-order valence-electron chi connectivity index (χ1n) is 7.56. The van der Waals surface area contributed by atoms with Crippen molar-refractivity contribution < 1.29 is 4.39 Å². The number of rotatable bonds is 2. The molecule has 0 bridgehead atoms. The predicted molar refractivity (Wildman–Crippen MR) is 94.8 cm³/mol. The van der Waals surface area contributed by atoms with Crippen LogP contribution in [0, 0.1) is 5.82 Å². The molecule has 0 fully saturated rings. The molecule has 0 unspecified atom stereocenters. The van der Waals surface area contributed by atoms with Crippen LogP contribution in [0.25, 0.3) is 33.2 Å². The van der Waals surface area contributed by atoms with Crippen molar-refractivity contribution in [3.63, 3.8) is 0 Å². The van der Waals surface area contributed by atoms with Gasteiger partial charge in [-0.15, -0.1) is 0 Å². The Morgan fingerprint density at radius 1 is 0.833 bits per heavy atom. The van der Waals surface area contributed by atoms with E-state index in [2.05, 4.69) is 9.97 Å². The highest BCUT2D eigenvalue weighted by Gasteiger charge is 2.10. The number of anilines is 1. The molecule has 4 aromatic rings. The lowest BCUT2D eigenvalue weighted by atomic mass is 9.96. The molecule has 0 saturated heterocycles. The van der Waals surface area contributed by atoms with Gasteiger partial charge in [0.15, 0.2) is 0 Å². The van der Waals surface area contributed by atoms with E-state index < -0.39 is 0 Å². The maximum Gasteiger partial charge on any atom is 0.123 e. The second-order valence-electron chi connectivity index (χ2n) is 5.62. The van der Waals surface area contributed by atoms with Crippen molar-refractivity contribution in [2.24, 2.45) is 0 Å². The Labute approximate surface area is 138 Å². The fraction of sp³-hybridized carbons (Fsp3) is 0. The normalized spacial score (nSPS) is 10.9. The molecule has 0 aliphatic carbocycles. The van der Waals surface area contributed by atoms with Crippen molar-refractivity contribution in [3.8, 4) is 22.3 Å². The Morgan fingerprint density at radius 2 is 1.67 bits per heavy atom. The molecule has 0 radical (unpaired) electrons. The summed E-state index contributed by atoms with van der Waals surface area (Å²) in [7, 11) is 0. The molecule has 116 valence electrons. The van der Waals surface area contributed by atoms with Crippen LogP contribution in [0.15, 0.2) is 73.2 Å². The molecule has 24 heavy (non-hydrogen) atoms. The van der Waals surface area contributed by atoms with Crippen LogP contribution in [0.2, 0.25) is 0 Å². The van der Waals surface area contributed by atoms with Crippen molar-refractivity contribution in [3.05, 3.63) is 79.0 Å². The fourth-order valence-corrected chi connectivity index (χ4v) is 2.87. The molecule has 4 heteroatoms. The molecule has 0 aliphatic heterocycles. The summed E-state index contributed by atoms with van der Waals surface area (Å²) >= 11 is 0. The van der Waals surface area contributed by atoms with Crippen LogP contribution < -0.4 is 5.73 Å². The second-order valence-corrected chi connectivity index (χ2v) is 5.62. The first-order chi connectivity index (χ1) is 11.7. The molecule has 1 aromatic heterocycles. The summed E-state index contributed by atoms with van der Waals surface area (Å²) in [6.07, 6.45) is 3.29. The molecule has 3 nitrogen and oxygen atoms in total. The average Bonchev–Trinajstić information content (AvgIpc) is 2.61. The largest absolute Gasteiger partial charge is 0.399 e. The molecule has 0 atom stereocenters. The van der Waals surface area contributed by atoms with Crippen molar-refractivity contribution in [2.45, 2.75) is 0 Å². The standard InChI is InChI=1S/C20H14FN3/c21-17-5-1-3-13(8-17)15-7-16-11-23-12-24-20(16)19(10-15)14-4-2-6-18(22)9-14/h1-12H,22H2. The molecule has 2 N–H and O–H groups in total. The number of fused-ring (bicyclic) bond motifs is 1. The zero-order chi connectivity index (χ0) is 16.5. The van der Waals surface area contributed by atoms with Crippen molar-refractivity contribution in [1.29, 1.82) is 0 Å². The highest BCUT2D eigenvalue weighted by Crippen LogP contribution is 2.33. The number of halogens is 1. The third-order valence-corrected chi connectivity index (χ3v) is 3.96. The van der Waals surface area contributed by atoms with Gasteiger partial charge in [-0.25, -0.2) is 14.4 Å². The van der Waals surface area contributed by atoms with Crippen LogP contribution in [-0.2, 0) is 0 Å². The number of hydrogen-bond acceptors (Lipinski definition) is 3. The highest BCUT2D eigenvalue weighted by atomic mass is 19.1. The number of nitrogens with zero attached hydrogens (tertiary/aromatic N) is 2. The van der Waals surface area contributed by atoms with Gasteiger partial charge in [0.2, 0.25) is 0 Å². The topological polar surface area (TPSA) is 51.8 Å². The van der Waals surface area contributed by atoms with E-state index >= 15 is 0 Å². The number of aromatic nitrogens is 2. The van der Waals surface area contributed by atoms with Gasteiger partial charge in [-0.3, -0.25) is 0 Å². The Bertz CT molecular complexity index is 1040. The molecule has 4 rings (SSSR count). The summed E-state index contributed by atoms with van der Waals surface area (Å²) in [5, 5.41) is 0.900. The number of nitrogen functional groups attached to an aromatic ring is 1. The summed E-state index contributed by atoms with van der Waals surface area (Å²) < 4.78 is 13.6. The lowest BCUT2D eigenvalue weighted by molar-refractivity contribution is 0.628. The summed E-state index contributed by atoms with van der Waals surface area (Å²) in [6, 6.07) is 18.2. The molecule has 0 saturated carbocycles. The van der Waals surface area contributed by atoms with Crippen LogP contribution in [0.5, 0.6) is 0 Å². The highest BCUT2D eigenvalue weighted by molar-refractivity contribution is 5.97. The SMILES string of the molecule is Nc1cccc(-c2cc(-c3cccc(F)c3)cc3cncnc23)c1. The van der Waals surface area contributed by atoms with E-state index in [9.17, 15) is 4.39 Å². The molecule has 1 heterocycles. The summed E-state index contributed by atoms with van der Waals surface area (Å²) in [5.74, 6) is -0.262. The predicted octanol–water partition coefficient (Wildman–Crippen LogP) is 4.69. The summed E-state index contributed by atoms with van der Waals surface area (Å²) in [6.45, 7) is 0. The molecule has 3 aromatic carbocycles. The first-order valence-corrected chi connectivity index (χ1v) is 7.56. The lowest BCUT2D eigenvalue weighted by Gasteiger charge is -2.10. The minimum absolute atomic E-state index is 0.262. The average molecular weight is 315 g/mol. The van der Waals surface area contributed by atoms with Gasteiger partial charge in [0.25, 0.3) is 0 Å². The molecular formula is C20H14FN3. The van der Waals surface area contributed by atoms with Crippen LogP contribution >= 0.6 is 0 Å². The van der Waals surface area contributed by atoms with Crippen LogP contribution in [0.4, 0.5) is 10.1 Å². The van der Waals surface area contributed by atoms with E-state index in [0.29, 0.717) is 5.69 Å². The van der Waals surface area contributed by atoms with Gasteiger partial charge < -0.3 is 5.73 Å². The number of benzene rings is 3. The van der Waals surface area contributed by atoms with Gasteiger partial charge in [0, 0.05) is 22.8 Å². The zero-order valence-corrected chi connectivity index (χ0v) is 12.8. The fourth-order valence-electron chi connectivity index (χ4n) is 2.87. The first kappa shape index (κ1) is 14.3. The second kappa shape index (κ2) is 5.74. The lowest BCUT2D eigenvalue weighted by Crippen LogP contribution is -1.91. The minimum atomic E-state index is -0.262. The quantitative estimate of drug-likeness (QED) is 0.546. The van der Waals surface area contributed by atoms with E-state index in [1.165, 1.54) is 18.5 Å². The van der Waals surface area contributed by atoms with Gasteiger partial charge in [-0.2, -0.15) is 0 Å². The molecule has 0 amide bonds. The van der Waals surface area contributed by atoms with Gasteiger partial charge in [0.05, 0.1) is 5.52 Å². The Balaban J connectivity index is 2.01. The molecular weight excluding hydrogens is 301 g/mol. The maximum absolute atomic E-state index is 13.6. The molecule has 0 aliphatic rings. The smallest absolute Gasteiger partial charge is 0.123 e. The van der Waals surface area contributed by atoms with Crippen molar-refractivity contribution in [2.75, 3.05) is 5.73 Å². The Kier molecular flexibility index (Phi) is 3.43. The van der Waals surface area contributed by atoms with Gasteiger partial charge >= 0.3 is 0 Å². The van der Waals surface area contributed by atoms with Gasteiger partial charge in [0.1, 0.15) is 12.1 Å². The van der Waals surface area contributed by atoms with E-state index in [1.54, 1.807) is 12.3 Å². The minimum Gasteiger partial charge on any atom is -0.399 e. The van der Waals surface area contributed by atoms with Crippen LogP contribution in [-0.4, -0.2) is 9.97 Å². The van der Waals surface area contributed by atoms with E-state index in [0.717, 1.165) is 33.2 Å². The maximum atomic E-state index is 13.6. The van der Waals surface area contributed by atoms with E-state index in [4.69, 9.17) is 5.73 Å². The third kappa shape index (κ3) is 2.58. The van der Waals surface area contributed by atoms with Crippen molar-refractivity contribution in [1.82, 2.24) is 9.97 Å². The van der Waals surface area contributed by atoms with Crippen LogP contribution in [0.3, 0.4) is 0 Å². The molecule has 0 spiro atoms. The van der Waals surface area contributed by atoms with E-state index in [-0.39, 0.29) is 5.82 Å². The monoisotopic (exact) mass is 315 g/mol. The van der Waals surface area contributed by atoms with Crippen molar-refractivity contribution >= 4 is 16.6 Å². The van der Waals surface area contributed by atoms with Crippen LogP contribution in [0.1, 0.15) is 0 Å². The number of hydrogen-bond donors (Lipinski definition) is 1. The zero-order valence-electron chi connectivity index (χ0n) is 12.8.